The van der Waals surface area contributed by atoms with Crippen LogP contribution < -0.4 is 0 Å². The van der Waals surface area contributed by atoms with E-state index in [2.05, 4.69) is 13.8 Å². The van der Waals surface area contributed by atoms with Crippen molar-refractivity contribution < 1.29 is 14.7 Å². The van der Waals surface area contributed by atoms with E-state index < -0.39 is 11.5 Å². The number of carbonyl (C=O) groups is 2. The Hall–Kier alpha value is -1.06. The minimum absolute atomic E-state index is 0.460. The predicted molar refractivity (Wildman–Crippen MR) is 65.6 cm³/mol. The lowest BCUT2D eigenvalue weighted by Crippen LogP contribution is -2.56. The third-order valence-electron chi connectivity index (χ3n) is 4.22. The van der Waals surface area contributed by atoms with Crippen LogP contribution in [0.3, 0.4) is 0 Å². The van der Waals surface area contributed by atoms with Gasteiger partial charge in [-0.05, 0) is 44.4 Å². The molecule has 0 radical (unpaired) electrons. The summed E-state index contributed by atoms with van der Waals surface area (Å²) in [6, 6.07) is 0. The second-order valence-electron chi connectivity index (χ2n) is 5.31. The Labute approximate surface area is 103 Å². The smallest absolute Gasteiger partial charge is 0.329 e. The molecular weight excluding hydrogens is 218 g/mol. The highest BCUT2D eigenvalue weighted by molar-refractivity contribution is 5.81. The van der Waals surface area contributed by atoms with Crippen molar-refractivity contribution in [3.8, 4) is 0 Å². The Morgan fingerprint density at radius 2 is 2.00 bits per heavy atom. The maximum Gasteiger partial charge on any atom is 0.329 e. The van der Waals surface area contributed by atoms with E-state index >= 15 is 0 Å². The fourth-order valence-corrected chi connectivity index (χ4v) is 2.89. The van der Waals surface area contributed by atoms with Gasteiger partial charge in [-0.2, -0.15) is 0 Å². The molecule has 0 saturated heterocycles. The second kappa shape index (κ2) is 5.52. The fourth-order valence-electron chi connectivity index (χ4n) is 2.89. The Morgan fingerprint density at radius 1 is 1.47 bits per heavy atom. The van der Waals surface area contributed by atoms with Crippen molar-refractivity contribution in [3.63, 3.8) is 0 Å². The largest absolute Gasteiger partial charge is 0.479 e. The summed E-state index contributed by atoms with van der Waals surface area (Å²) in [5.41, 5.74) is -0.956. The third kappa shape index (κ3) is 2.61. The van der Waals surface area contributed by atoms with Crippen molar-refractivity contribution in [2.45, 2.75) is 52.0 Å². The summed E-state index contributed by atoms with van der Waals surface area (Å²) in [5, 5.41) is 9.45. The van der Waals surface area contributed by atoms with Gasteiger partial charge in [0.15, 0.2) is 0 Å². The standard InChI is InChI=1S/C13H23NO3/c1-4-14(9-15)13(12(16)17)7-5-11(6-8-13)10(2)3/h9-11H,4-8H2,1-3H3,(H,16,17). The molecule has 1 aliphatic carbocycles. The molecule has 0 aliphatic heterocycles. The van der Waals surface area contributed by atoms with Gasteiger partial charge in [0.2, 0.25) is 6.41 Å². The van der Waals surface area contributed by atoms with Crippen LogP contribution in [0.25, 0.3) is 0 Å². The van der Waals surface area contributed by atoms with Crippen molar-refractivity contribution >= 4 is 12.4 Å². The number of rotatable bonds is 5. The molecule has 1 aliphatic rings. The van der Waals surface area contributed by atoms with Crippen LogP contribution in [0.5, 0.6) is 0 Å². The Kier molecular flexibility index (Phi) is 4.54. The molecule has 0 aromatic rings. The zero-order chi connectivity index (χ0) is 13.1. The van der Waals surface area contributed by atoms with E-state index in [1.165, 1.54) is 4.90 Å². The van der Waals surface area contributed by atoms with Crippen LogP contribution in [-0.4, -0.2) is 34.5 Å². The monoisotopic (exact) mass is 241 g/mol. The van der Waals surface area contributed by atoms with Crippen LogP contribution in [0.4, 0.5) is 0 Å². The van der Waals surface area contributed by atoms with E-state index in [1.54, 1.807) is 0 Å². The normalized spacial score (nSPS) is 29.1. The molecule has 4 nitrogen and oxygen atoms in total. The van der Waals surface area contributed by atoms with Gasteiger partial charge in [-0.15, -0.1) is 0 Å². The number of hydrogen-bond acceptors (Lipinski definition) is 2. The van der Waals surface area contributed by atoms with Gasteiger partial charge in [-0.3, -0.25) is 4.79 Å². The summed E-state index contributed by atoms with van der Waals surface area (Å²) in [6.07, 6.45) is 3.64. The summed E-state index contributed by atoms with van der Waals surface area (Å²) in [7, 11) is 0. The van der Waals surface area contributed by atoms with E-state index in [1.807, 2.05) is 6.92 Å². The highest BCUT2D eigenvalue weighted by atomic mass is 16.4. The molecular formula is C13H23NO3. The first-order chi connectivity index (χ1) is 7.97. The van der Waals surface area contributed by atoms with Crippen molar-refractivity contribution in [1.82, 2.24) is 4.90 Å². The lowest BCUT2D eigenvalue weighted by molar-refractivity contribution is -0.158. The number of likely N-dealkylation sites (N-methyl/N-ethyl adjacent to an activating group) is 1. The lowest BCUT2D eigenvalue weighted by Gasteiger charge is -2.43. The van der Waals surface area contributed by atoms with Gasteiger partial charge in [-0.1, -0.05) is 13.8 Å². The highest BCUT2D eigenvalue weighted by Crippen LogP contribution is 2.39. The molecule has 0 atom stereocenters. The molecule has 0 spiro atoms. The molecule has 17 heavy (non-hydrogen) atoms. The van der Waals surface area contributed by atoms with Gasteiger partial charge in [0.25, 0.3) is 0 Å². The van der Waals surface area contributed by atoms with Gasteiger partial charge in [0.1, 0.15) is 5.54 Å². The van der Waals surface area contributed by atoms with E-state index in [0.717, 1.165) is 12.8 Å². The van der Waals surface area contributed by atoms with Crippen LogP contribution in [0.1, 0.15) is 46.5 Å². The first kappa shape index (κ1) is 14.0. The SMILES string of the molecule is CCN(C=O)C1(C(=O)O)CCC(C(C)C)CC1. The summed E-state index contributed by atoms with van der Waals surface area (Å²) in [5.74, 6) is 0.328. The van der Waals surface area contributed by atoms with Crippen LogP contribution in [0, 0.1) is 11.8 Å². The third-order valence-corrected chi connectivity index (χ3v) is 4.22. The molecule has 1 fully saturated rings. The first-order valence-electron chi connectivity index (χ1n) is 6.43. The first-order valence-corrected chi connectivity index (χ1v) is 6.43. The van der Waals surface area contributed by atoms with Crippen LogP contribution in [0.2, 0.25) is 0 Å². The summed E-state index contributed by atoms with van der Waals surface area (Å²) < 4.78 is 0. The van der Waals surface area contributed by atoms with Gasteiger partial charge in [0, 0.05) is 6.54 Å². The lowest BCUT2D eigenvalue weighted by atomic mass is 9.72. The second-order valence-corrected chi connectivity index (χ2v) is 5.31. The van der Waals surface area contributed by atoms with Gasteiger partial charge in [-0.25, -0.2) is 4.79 Å². The summed E-state index contributed by atoms with van der Waals surface area (Å²) in [4.78, 5) is 24.0. The van der Waals surface area contributed by atoms with Crippen LogP contribution >= 0.6 is 0 Å². The molecule has 4 heteroatoms. The number of carboxylic acids is 1. The van der Waals surface area contributed by atoms with Gasteiger partial charge >= 0.3 is 5.97 Å². The van der Waals surface area contributed by atoms with Crippen LogP contribution in [0.15, 0.2) is 0 Å². The van der Waals surface area contributed by atoms with Crippen LogP contribution in [-0.2, 0) is 9.59 Å². The van der Waals surface area contributed by atoms with E-state index in [-0.39, 0.29) is 0 Å². The predicted octanol–water partition coefficient (Wildman–Crippen LogP) is 2.13. The Bertz CT molecular complexity index is 280. The molecule has 0 bridgehead atoms. The quantitative estimate of drug-likeness (QED) is 0.750. The number of aliphatic carboxylic acids is 1. The zero-order valence-electron chi connectivity index (χ0n) is 11.0. The fraction of sp³-hybridized carbons (Fsp3) is 0.846. The van der Waals surface area contributed by atoms with E-state index in [9.17, 15) is 14.7 Å². The van der Waals surface area contributed by atoms with Crippen molar-refractivity contribution in [2.75, 3.05) is 6.54 Å². The number of amides is 1. The maximum atomic E-state index is 11.5. The molecule has 98 valence electrons. The highest BCUT2D eigenvalue weighted by Gasteiger charge is 2.46. The van der Waals surface area contributed by atoms with E-state index in [0.29, 0.717) is 37.6 Å². The number of hydrogen-bond donors (Lipinski definition) is 1. The molecule has 1 N–H and O–H groups in total. The topological polar surface area (TPSA) is 57.6 Å². The van der Waals surface area contributed by atoms with Crippen molar-refractivity contribution in [1.29, 1.82) is 0 Å². The Morgan fingerprint density at radius 3 is 2.29 bits per heavy atom. The average Bonchev–Trinajstić information content (AvgIpc) is 2.30. The minimum atomic E-state index is -0.956. The van der Waals surface area contributed by atoms with Gasteiger partial charge in [0.05, 0.1) is 0 Å². The molecule has 1 saturated carbocycles. The van der Waals surface area contributed by atoms with Gasteiger partial charge < -0.3 is 10.0 Å². The van der Waals surface area contributed by atoms with E-state index in [4.69, 9.17) is 0 Å². The molecule has 0 aromatic carbocycles. The molecule has 1 rings (SSSR count). The molecule has 0 heterocycles. The summed E-state index contributed by atoms with van der Waals surface area (Å²) in [6.45, 7) is 6.64. The number of nitrogens with zero attached hydrogens (tertiary/aromatic N) is 1. The number of carboxylic acid groups (broad SMARTS) is 1. The minimum Gasteiger partial charge on any atom is -0.479 e. The molecule has 1 amide bonds. The molecule has 0 aromatic heterocycles. The zero-order valence-corrected chi connectivity index (χ0v) is 11.0. The molecule has 0 unspecified atom stereocenters. The average molecular weight is 241 g/mol. The maximum absolute atomic E-state index is 11.5. The Balaban J connectivity index is 2.83. The van der Waals surface area contributed by atoms with Crippen molar-refractivity contribution in [2.24, 2.45) is 11.8 Å². The summed E-state index contributed by atoms with van der Waals surface area (Å²) >= 11 is 0. The number of carbonyl (C=O) groups excluding carboxylic acids is 1. The van der Waals surface area contributed by atoms with Crippen molar-refractivity contribution in [3.05, 3.63) is 0 Å².